The summed E-state index contributed by atoms with van der Waals surface area (Å²) in [6.07, 6.45) is 6.97. The monoisotopic (exact) mass is 435 g/mol. The number of hydrogen-bond acceptors (Lipinski definition) is 5. The molecule has 170 valence electrons. The molecule has 0 bridgehead atoms. The van der Waals surface area contributed by atoms with Crippen LogP contribution in [-0.4, -0.2) is 47.3 Å². The number of nitrogens with zero attached hydrogens (tertiary/aromatic N) is 2. The van der Waals surface area contributed by atoms with Crippen molar-refractivity contribution < 1.29 is 14.3 Å². The van der Waals surface area contributed by atoms with E-state index in [0.717, 1.165) is 63.2 Å². The fourth-order valence-electron chi connectivity index (χ4n) is 5.43. The lowest BCUT2D eigenvalue weighted by Crippen LogP contribution is -2.36. The predicted molar refractivity (Wildman–Crippen MR) is 125 cm³/mol. The Bertz CT molecular complexity index is 998. The minimum Gasteiger partial charge on any atom is -0.489 e. The average molecular weight is 436 g/mol. The number of anilines is 1. The van der Waals surface area contributed by atoms with Gasteiger partial charge >= 0.3 is 6.09 Å². The molecule has 1 aromatic heterocycles. The molecule has 3 aliphatic rings. The van der Waals surface area contributed by atoms with E-state index in [0.29, 0.717) is 0 Å². The molecule has 2 aliphatic heterocycles. The molecule has 6 heteroatoms. The first-order valence-corrected chi connectivity index (χ1v) is 11.8. The van der Waals surface area contributed by atoms with Crippen molar-refractivity contribution >= 4 is 11.8 Å². The number of fused-ring (bicyclic) bond motifs is 1. The molecule has 3 heterocycles. The van der Waals surface area contributed by atoms with Crippen molar-refractivity contribution in [1.29, 1.82) is 0 Å². The normalized spacial score (nSPS) is 24.5. The maximum absolute atomic E-state index is 12.5. The van der Waals surface area contributed by atoms with Gasteiger partial charge in [0.2, 0.25) is 0 Å². The topological polar surface area (TPSA) is 63.7 Å². The first-order chi connectivity index (χ1) is 15.3. The Morgan fingerprint density at radius 2 is 2.09 bits per heavy atom. The van der Waals surface area contributed by atoms with E-state index in [4.69, 9.17) is 14.5 Å². The Morgan fingerprint density at radius 3 is 2.88 bits per heavy atom. The van der Waals surface area contributed by atoms with E-state index in [1.165, 1.54) is 16.8 Å². The molecular weight excluding hydrogens is 402 g/mol. The molecule has 2 aromatic rings. The summed E-state index contributed by atoms with van der Waals surface area (Å²) >= 11 is 0. The van der Waals surface area contributed by atoms with Gasteiger partial charge in [-0.05, 0) is 82.1 Å². The molecule has 1 saturated heterocycles. The third-order valence-corrected chi connectivity index (χ3v) is 6.93. The van der Waals surface area contributed by atoms with Crippen molar-refractivity contribution in [2.75, 3.05) is 25.0 Å². The first-order valence-electron chi connectivity index (χ1n) is 11.8. The van der Waals surface area contributed by atoms with Gasteiger partial charge in [-0.2, -0.15) is 0 Å². The van der Waals surface area contributed by atoms with Gasteiger partial charge in [-0.1, -0.05) is 12.1 Å². The number of hydrogen-bond donors (Lipinski definition) is 1. The summed E-state index contributed by atoms with van der Waals surface area (Å²) in [5.74, 6) is 0.823. The highest BCUT2D eigenvalue weighted by Crippen LogP contribution is 2.47. The molecule has 5 rings (SSSR count). The predicted octanol–water partition coefficient (Wildman–Crippen LogP) is 5.28. The second-order valence-electron chi connectivity index (χ2n) is 10.5. The molecule has 6 nitrogen and oxygen atoms in total. The number of rotatable bonds is 3. The lowest BCUT2D eigenvalue weighted by atomic mass is 9.85. The molecule has 1 aliphatic carbocycles. The molecule has 1 N–H and O–H groups in total. The zero-order valence-electron chi connectivity index (χ0n) is 19.3. The van der Waals surface area contributed by atoms with Crippen LogP contribution in [-0.2, 0) is 11.2 Å². The van der Waals surface area contributed by atoms with Gasteiger partial charge in [-0.15, -0.1) is 0 Å². The SMILES string of the molecule is CC(C)(C)OC(=O)N1CCC2(CCC(Oc3ccc(-c4cccc5c4CCN5)nc3)C2)C1. The van der Waals surface area contributed by atoms with Crippen molar-refractivity contribution in [2.24, 2.45) is 5.41 Å². The van der Waals surface area contributed by atoms with Gasteiger partial charge in [0.15, 0.2) is 0 Å². The van der Waals surface area contributed by atoms with Gasteiger partial charge in [0.05, 0.1) is 18.0 Å². The Balaban J connectivity index is 1.20. The minimum atomic E-state index is -0.455. The van der Waals surface area contributed by atoms with Crippen LogP contribution in [0.25, 0.3) is 11.3 Å². The quantitative estimate of drug-likeness (QED) is 0.711. The van der Waals surface area contributed by atoms with Crippen LogP contribution < -0.4 is 10.1 Å². The van der Waals surface area contributed by atoms with E-state index in [9.17, 15) is 4.79 Å². The van der Waals surface area contributed by atoms with Gasteiger partial charge < -0.3 is 19.7 Å². The molecule has 2 fully saturated rings. The zero-order valence-corrected chi connectivity index (χ0v) is 19.3. The molecule has 1 aromatic carbocycles. The van der Waals surface area contributed by atoms with Gasteiger partial charge in [0.25, 0.3) is 0 Å². The fraction of sp³-hybridized carbons (Fsp3) is 0.538. The Kier molecular flexibility index (Phi) is 5.26. The van der Waals surface area contributed by atoms with Crippen LogP contribution in [0.3, 0.4) is 0 Å². The van der Waals surface area contributed by atoms with Gasteiger partial charge in [0.1, 0.15) is 11.4 Å². The molecule has 2 atom stereocenters. The first kappa shape index (κ1) is 21.1. The summed E-state index contributed by atoms with van der Waals surface area (Å²) in [6, 6.07) is 10.5. The maximum atomic E-state index is 12.5. The van der Waals surface area contributed by atoms with E-state index in [-0.39, 0.29) is 17.6 Å². The second-order valence-corrected chi connectivity index (χ2v) is 10.5. The number of pyridine rings is 1. The van der Waals surface area contributed by atoms with Crippen molar-refractivity contribution in [2.45, 2.75) is 64.6 Å². The number of amides is 1. The summed E-state index contributed by atoms with van der Waals surface area (Å²) in [5.41, 5.74) is 4.47. The largest absolute Gasteiger partial charge is 0.489 e. The molecule has 2 unspecified atom stereocenters. The number of nitrogens with one attached hydrogen (secondary N) is 1. The van der Waals surface area contributed by atoms with Gasteiger partial charge in [0, 0.05) is 30.9 Å². The van der Waals surface area contributed by atoms with Crippen molar-refractivity contribution in [3.05, 3.63) is 42.1 Å². The Hall–Kier alpha value is -2.76. The van der Waals surface area contributed by atoms with E-state index < -0.39 is 5.60 Å². The average Bonchev–Trinajstić information content (AvgIpc) is 3.48. The number of carbonyl (C=O) groups is 1. The molecule has 1 spiro atoms. The Labute approximate surface area is 190 Å². The van der Waals surface area contributed by atoms with Crippen LogP contribution in [0, 0.1) is 5.41 Å². The van der Waals surface area contributed by atoms with Gasteiger partial charge in [-0.25, -0.2) is 4.79 Å². The lowest BCUT2D eigenvalue weighted by molar-refractivity contribution is 0.0271. The third-order valence-electron chi connectivity index (χ3n) is 6.93. The number of aromatic nitrogens is 1. The molecule has 1 amide bonds. The van der Waals surface area contributed by atoms with Crippen molar-refractivity contribution in [3.8, 4) is 17.0 Å². The number of likely N-dealkylation sites (tertiary alicyclic amines) is 1. The van der Waals surface area contributed by atoms with Crippen LogP contribution in [0.4, 0.5) is 10.5 Å². The molecule has 32 heavy (non-hydrogen) atoms. The summed E-state index contributed by atoms with van der Waals surface area (Å²) in [4.78, 5) is 19.0. The van der Waals surface area contributed by atoms with Crippen LogP contribution in [0.2, 0.25) is 0 Å². The molecule has 0 radical (unpaired) electrons. The van der Waals surface area contributed by atoms with E-state index >= 15 is 0 Å². The number of carbonyl (C=O) groups excluding carboxylic acids is 1. The standard InChI is InChI=1S/C26H33N3O3/c1-25(2,3)32-24(30)29-14-12-26(17-29)11-9-18(15-26)31-19-7-8-23(28-16-19)20-5-4-6-22-21(20)10-13-27-22/h4-8,16,18,27H,9-15,17H2,1-3H3. The summed E-state index contributed by atoms with van der Waals surface area (Å²) in [6.45, 7) is 8.27. The summed E-state index contributed by atoms with van der Waals surface area (Å²) in [5, 5.41) is 3.43. The van der Waals surface area contributed by atoms with Crippen LogP contribution in [0.15, 0.2) is 36.5 Å². The van der Waals surface area contributed by atoms with Gasteiger partial charge in [-0.3, -0.25) is 4.98 Å². The number of ether oxygens (including phenoxy) is 2. The van der Waals surface area contributed by atoms with E-state index in [1.807, 2.05) is 37.9 Å². The fourth-order valence-corrected chi connectivity index (χ4v) is 5.43. The van der Waals surface area contributed by atoms with Crippen LogP contribution in [0.5, 0.6) is 5.75 Å². The zero-order chi connectivity index (χ0) is 22.3. The molecular formula is C26H33N3O3. The van der Waals surface area contributed by atoms with E-state index in [2.05, 4.69) is 29.6 Å². The maximum Gasteiger partial charge on any atom is 0.410 e. The van der Waals surface area contributed by atoms with Crippen molar-refractivity contribution in [3.63, 3.8) is 0 Å². The van der Waals surface area contributed by atoms with Crippen molar-refractivity contribution in [1.82, 2.24) is 9.88 Å². The van der Waals surface area contributed by atoms with Crippen LogP contribution >= 0.6 is 0 Å². The summed E-state index contributed by atoms with van der Waals surface area (Å²) < 4.78 is 11.9. The third kappa shape index (κ3) is 4.27. The molecule has 1 saturated carbocycles. The smallest absolute Gasteiger partial charge is 0.410 e. The Morgan fingerprint density at radius 1 is 1.22 bits per heavy atom. The highest BCUT2D eigenvalue weighted by Gasteiger charge is 2.46. The minimum absolute atomic E-state index is 0.159. The second kappa shape index (κ2) is 7.98. The highest BCUT2D eigenvalue weighted by molar-refractivity contribution is 5.73. The van der Waals surface area contributed by atoms with Crippen LogP contribution in [0.1, 0.15) is 52.0 Å². The lowest BCUT2D eigenvalue weighted by Gasteiger charge is -2.27. The summed E-state index contributed by atoms with van der Waals surface area (Å²) in [7, 11) is 0. The highest BCUT2D eigenvalue weighted by atomic mass is 16.6. The van der Waals surface area contributed by atoms with E-state index in [1.54, 1.807) is 0 Å². The number of benzene rings is 1.